The van der Waals surface area contributed by atoms with E-state index in [1.54, 1.807) is 41.8 Å². The number of imide groups is 1. The molecule has 0 fully saturated rings. The molecule has 132 valence electrons. The standard InChI is InChI=1S/C18H19NO5S/c1-12(2)23-10-13-5-7-14(8-6-13)18(22)24-11-16(20)19-17(21)15-4-3-9-25-15/h3-9,12H,10-11H2,1-2H3,(H,19,20,21). The first-order valence-corrected chi connectivity index (χ1v) is 8.59. The number of ether oxygens (including phenoxy) is 2. The van der Waals surface area contributed by atoms with Crippen LogP contribution in [-0.2, 0) is 20.9 Å². The number of amides is 2. The first-order valence-electron chi connectivity index (χ1n) is 7.71. The van der Waals surface area contributed by atoms with Crippen molar-refractivity contribution in [2.75, 3.05) is 6.61 Å². The summed E-state index contributed by atoms with van der Waals surface area (Å²) in [4.78, 5) is 35.7. The zero-order valence-corrected chi connectivity index (χ0v) is 14.8. The Bertz CT molecular complexity index is 722. The number of nitrogens with one attached hydrogen (secondary N) is 1. The molecule has 1 aromatic heterocycles. The van der Waals surface area contributed by atoms with Crippen LogP contribution in [0.4, 0.5) is 0 Å². The van der Waals surface area contributed by atoms with Crippen LogP contribution < -0.4 is 5.32 Å². The van der Waals surface area contributed by atoms with Gasteiger partial charge in [0, 0.05) is 0 Å². The Kier molecular flexibility index (Phi) is 6.85. The number of esters is 1. The lowest BCUT2D eigenvalue weighted by atomic mass is 10.1. The van der Waals surface area contributed by atoms with Gasteiger partial charge in [-0.25, -0.2) is 4.79 Å². The van der Waals surface area contributed by atoms with Gasteiger partial charge in [-0.1, -0.05) is 18.2 Å². The van der Waals surface area contributed by atoms with Crippen molar-refractivity contribution in [3.05, 3.63) is 57.8 Å². The zero-order chi connectivity index (χ0) is 18.2. The molecule has 0 spiro atoms. The Labute approximate surface area is 149 Å². The van der Waals surface area contributed by atoms with Crippen molar-refractivity contribution in [3.63, 3.8) is 0 Å². The van der Waals surface area contributed by atoms with Gasteiger partial charge in [0.2, 0.25) is 0 Å². The van der Waals surface area contributed by atoms with Gasteiger partial charge in [-0.3, -0.25) is 14.9 Å². The summed E-state index contributed by atoms with van der Waals surface area (Å²) in [7, 11) is 0. The number of rotatable bonds is 7. The molecular weight excluding hydrogens is 342 g/mol. The molecule has 0 saturated heterocycles. The highest BCUT2D eigenvalue weighted by Gasteiger charge is 2.14. The van der Waals surface area contributed by atoms with Crippen LogP contribution in [0.15, 0.2) is 41.8 Å². The van der Waals surface area contributed by atoms with Crippen LogP contribution in [0.1, 0.15) is 39.4 Å². The molecule has 0 radical (unpaired) electrons. The SMILES string of the molecule is CC(C)OCc1ccc(C(=O)OCC(=O)NC(=O)c2cccs2)cc1. The molecule has 0 unspecified atom stereocenters. The summed E-state index contributed by atoms with van der Waals surface area (Å²) in [5.74, 6) is -1.81. The molecule has 2 rings (SSSR count). The van der Waals surface area contributed by atoms with Gasteiger partial charge in [0.1, 0.15) is 0 Å². The van der Waals surface area contributed by atoms with Gasteiger partial charge < -0.3 is 9.47 Å². The van der Waals surface area contributed by atoms with Gasteiger partial charge >= 0.3 is 5.97 Å². The smallest absolute Gasteiger partial charge is 0.338 e. The molecule has 0 aliphatic rings. The molecule has 6 nitrogen and oxygen atoms in total. The largest absolute Gasteiger partial charge is 0.452 e. The molecule has 1 N–H and O–H groups in total. The van der Waals surface area contributed by atoms with E-state index in [-0.39, 0.29) is 6.10 Å². The maximum absolute atomic E-state index is 11.9. The maximum Gasteiger partial charge on any atom is 0.338 e. The lowest BCUT2D eigenvalue weighted by molar-refractivity contribution is -0.123. The summed E-state index contributed by atoms with van der Waals surface area (Å²) >= 11 is 1.22. The number of carbonyl (C=O) groups excluding carboxylic acids is 3. The summed E-state index contributed by atoms with van der Waals surface area (Å²) in [5, 5.41) is 3.90. The van der Waals surface area contributed by atoms with Crippen LogP contribution in [0.3, 0.4) is 0 Å². The molecule has 0 atom stereocenters. The number of hydrogen-bond donors (Lipinski definition) is 1. The molecule has 25 heavy (non-hydrogen) atoms. The summed E-state index contributed by atoms with van der Waals surface area (Å²) in [6.07, 6.45) is 0.125. The topological polar surface area (TPSA) is 81.7 Å². The third-order valence-electron chi connectivity index (χ3n) is 3.11. The Hall–Kier alpha value is -2.51. The van der Waals surface area contributed by atoms with Crippen molar-refractivity contribution < 1.29 is 23.9 Å². The van der Waals surface area contributed by atoms with E-state index in [2.05, 4.69) is 5.32 Å². The second-order valence-corrected chi connectivity index (χ2v) is 6.44. The van der Waals surface area contributed by atoms with Gasteiger partial charge in [-0.05, 0) is 43.0 Å². The van der Waals surface area contributed by atoms with Crippen LogP contribution in [-0.4, -0.2) is 30.5 Å². The fraction of sp³-hybridized carbons (Fsp3) is 0.278. The monoisotopic (exact) mass is 361 g/mol. The fourth-order valence-corrected chi connectivity index (χ4v) is 2.47. The van der Waals surface area contributed by atoms with E-state index < -0.39 is 24.4 Å². The number of carbonyl (C=O) groups is 3. The molecule has 0 aliphatic carbocycles. The minimum Gasteiger partial charge on any atom is -0.452 e. The van der Waals surface area contributed by atoms with Gasteiger partial charge in [-0.15, -0.1) is 11.3 Å². The molecule has 0 bridgehead atoms. The van der Waals surface area contributed by atoms with E-state index in [9.17, 15) is 14.4 Å². The summed E-state index contributed by atoms with van der Waals surface area (Å²) < 4.78 is 10.4. The normalized spacial score (nSPS) is 10.5. The second kappa shape index (κ2) is 9.10. The number of benzene rings is 1. The minimum atomic E-state index is -0.672. The van der Waals surface area contributed by atoms with Crippen LogP contribution in [0, 0.1) is 0 Å². The molecule has 7 heteroatoms. The predicted molar refractivity (Wildman–Crippen MR) is 93.4 cm³/mol. The molecule has 0 aliphatic heterocycles. The van der Waals surface area contributed by atoms with E-state index in [0.717, 1.165) is 5.56 Å². The molecular formula is C18H19NO5S. The highest BCUT2D eigenvalue weighted by molar-refractivity contribution is 7.12. The average molecular weight is 361 g/mol. The summed E-state index contributed by atoms with van der Waals surface area (Å²) in [5.41, 5.74) is 1.26. The highest BCUT2D eigenvalue weighted by atomic mass is 32.1. The first-order chi connectivity index (χ1) is 12.0. The van der Waals surface area contributed by atoms with Crippen LogP contribution in [0.25, 0.3) is 0 Å². The number of thiophene rings is 1. The minimum absolute atomic E-state index is 0.125. The van der Waals surface area contributed by atoms with Crippen molar-refractivity contribution in [1.82, 2.24) is 5.32 Å². The molecule has 1 heterocycles. The lowest BCUT2D eigenvalue weighted by Crippen LogP contribution is -2.33. The van der Waals surface area contributed by atoms with Crippen molar-refractivity contribution in [2.24, 2.45) is 0 Å². The van der Waals surface area contributed by atoms with Crippen LogP contribution in [0.2, 0.25) is 0 Å². The van der Waals surface area contributed by atoms with E-state index in [1.165, 1.54) is 11.3 Å². The van der Waals surface area contributed by atoms with Gasteiger partial charge in [0.15, 0.2) is 6.61 Å². The molecule has 0 saturated carbocycles. The third kappa shape index (κ3) is 6.13. The van der Waals surface area contributed by atoms with E-state index in [4.69, 9.17) is 9.47 Å². The Morgan fingerprint density at radius 3 is 2.44 bits per heavy atom. The maximum atomic E-state index is 11.9. The van der Waals surface area contributed by atoms with Crippen molar-refractivity contribution in [3.8, 4) is 0 Å². The average Bonchev–Trinajstić information content (AvgIpc) is 3.13. The van der Waals surface area contributed by atoms with E-state index in [0.29, 0.717) is 17.0 Å². The summed E-state index contributed by atoms with van der Waals surface area (Å²) in [6, 6.07) is 10.1. The Morgan fingerprint density at radius 2 is 1.84 bits per heavy atom. The van der Waals surface area contributed by atoms with E-state index >= 15 is 0 Å². The van der Waals surface area contributed by atoms with Crippen LogP contribution >= 0.6 is 11.3 Å². The highest BCUT2D eigenvalue weighted by Crippen LogP contribution is 2.09. The molecule has 2 amide bonds. The fourth-order valence-electron chi connectivity index (χ4n) is 1.85. The summed E-state index contributed by atoms with van der Waals surface area (Å²) in [6.45, 7) is 3.83. The third-order valence-corrected chi connectivity index (χ3v) is 3.97. The predicted octanol–water partition coefficient (Wildman–Crippen LogP) is 2.79. The van der Waals surface area contributed by atoms with Gasteiger partial charge in [0.05, 0.1) is 23.2 Å². The van der Waals surface area contributed by atoms with Gasteiger partial charge in [-0.2, -0.15) is 0 Å². The van der Waals surface area contributed by atoms with Crippen LogP contribution in [0.5, 0.6) is 0 Å². The van der Waals surface area contributed by atoms with Crippen molar-refractivity contribution in [1.29, 1.82) is 0 Å². The van der Waals surface area contributed by atoms with Gasteiger partial charge in [0.25, 0.3) is 11.8 Å². The zero-order valence-electron chi connectivity index (χ0n) is 14.0. The lowest BCUT2D eigenvalue weighted by Gasteiger charge is -2.08. The molecule has 1 aromatic carbocycles. The Morgan fingerprint density at radius 1 is 1.12 bits per heavy atom. The molecule has 2 aromatic rings. The first kappa shape index (κ1) is 18.8. The second-order valence-electron chi connectivity index (χ2n) is 5.49. The number of hydrogen-bond acceptors (Lipinski definition) is 6. The Balaban J connectivity index is 1.79. The van der Waals surface area contributed by atoms with Crippen molar-refractivity contribution in [2.45, 2.75) is 26.6 Å². The van der Waals surface area contributed by atoms with Crippen molar-refractivity contribution >= 4 is 29.1 Å². The van der Waals surface area contributed by atoms with E-state index in [1.807, 2.05) is 13.8 Å². The quantitative estimate of drug-likeness (QED) is 0.767.